The highest BCUT2D eigenvalue weighted by atomic mass is 35.5. The van der Waals surface area contributed by atoms with E-state index < -0.39 is 0 Å². The predicted molar refractivity (Wildman–Crippen MR) is 77.2 cm³/mol. The SMILES string of the molecule is COc1cccc(N(C)c2cc(Cl)ccc2C#N)c1. The molecule has 0 spiro atoms. The molecule has 0 amide bonds. The van der Waals surface area contributed by atoms with Crippen molar-refractivity contribution < 1.29 is 4.74 Å². The van der Waals surface area contributed by atoms with Gasteiger partial charge in [0.15, 0.2) is 0 Å². The molecule has 0 fully saturated rings. The molecule has 0 aliphatic rings. The van der Waals surface area contributed by atoms with Gasteiger partial charge < -0.3 is 9.64 Å². The van der Waals surface area contributed by atoms with Gasteiger partial charge in [-0.1, -0.05) is 17.7 Å². The number of ether oxygens (including phenoxy) is 1. The van der Waals surface area contributed by atoms with Crippen LogP contribution in [0.1, 0.15) is 5.56 Å². The lowest BCUT2D eigenvalue weighted by Gasteiger charge is -2.21. The highest BCUT2D eigenvalue weighted by molar-refractivity contribution is 6.30. The summed E-state index contributed by atoms with van der Waals surface area (Å²) in [5.41, 5.74) is 2.27. The Morgan fingerprint density at radius 2 is 2.00 bits per heavy atom. The molecule has 0 saturated carbocycles. The Hall–Kier alpha value is -2.18. The van der Waals surface area contributed by atoms with Gasteiger partial charge >= 0.3 is 0 Å². The summed E-state index contributed by atoms with van der Waals surface area (Å²) < 4.78 is 5.20. The molecule has 0 radical (unpaired) electrons. The van der Waals surface area contributed by atoms with Crippen molar-refractivity contribution in [3.63, 3.8) is 0 Å². The molecular weight excluding hydrogens is 260 g/mol. The van der Waals surface area contributed by atoms with Crippen LogP contribution in [0.4, 0.5) is 11.4 Å². The normalized spacial score (nSPS) is 9.79. The van der Waals surface area contributed by atoms with E-state index in [9.17, 15) is 0 Å². The maximum absolute atomic E-state index is 9.16. The first-order valence-corrected chi connectivity index (χ1v) is 6.11. The summed E-state index contributed by atoms with van der Waals surface area (Å²) in [6.45, 7) is 0. The molecule has 19 heavy (non-hydrogen) atoms. The summed E-state index contributed by atoms with van der Waals surface area (Å²) in [5.74, 6) is 0.768. The van der Waals surface area contributed by atoms with E-state index in [0.717, 1.165) is 17.1 Å². The van der Waals surface area contributed by atoms with Crippen molar-refractivity contribution in [3.8, 4) is 11.8 Å². The van der Waals surface area contributed by atoms with Gasteiger partial charge in [0.2, 0.25) is 0 Å². The third-order valence-electron chi connectivity index (χ3n) is 2.88. The van der Waals surface area contributed by atoms with Crippen LogP contribution in [0.5, 0.6) is 5.75 Å². The molecule has 3 nitrogen and oxygen atoms in total. The zero-order valence-electron chi connectivity index (χ0n) is 10.7. The first kappa shape index (κ1) is 13.3. The first-order chi connectivity index (χ1) is 9.15. The number of nitrogens with zero attached hydrogens (tertiary/aromatic N) is 2. The second-order valence-corrected chi connectivity index (χ2v) is 4.47. The molecule has 2 aromatic carbocycles. The van der Waals surface area contributed by atoms with E-state index in [0.29, 0.717) is 10.6 Å². The van der Waals surface area contributed by atoms with Crippen molar-refractivity contribution in [2.75, 3.05) is 19.1 Å². The Kier molecular flexibility index (Phi) is 3.94. The molecule has 96 valence electrons. The van der Waals surface area contributed by atoms with Crippen molar-refractivity contribution in [2.45, 2.75) is 0 Å². The van der Waals surface area contributed by atoms with Crippen LogP contribution >= 0.6 is 11.6 Å². The number of nitriles is 1. The third-order valence-corrected chi connectivity index (χ3v) is 3.12. The molecule has 0 atom stereocenters. The largest absolute Gasteiger partial charge is 0.497 e. The second-order valence-electron chi connectivity index (χ2n) is 4.03. The van der Waals surface area contributed by atoms with E-state index in [2.05, 4.69) is 6.07 Å². The Morgan fingerprint density at radius 1 is 1.21 bits per heavy atom. The number of hydrogen-bond donors (Lipinski definition) is 0. The summed E-state index contributed by atoms with van der Waals surface area (Å²) in [6.07, 6.45) is 0. The number of hydrogen-bond acceptors (Lipinski definition) is 3. The number of methoxy groups -OCH3 is 1. The standard InChI is InChI=1S/C15H13ClN2O/c1-18(13-4-3-5-14(9-13)19-2)15-8-12(16)7-6-11(15)10-17/h3-9H,1-2H3. The Morgan fingerprint density at radius 3 is 2.68 bits per heavy atom. The number of halogens is 1. The molecule has 2 rings (SSSR count). The fourth-order valence-corrected chi connectivity index (χ4v) is 2.00. The minimum Gasteiger partial charge on any atom is -0.497 e. The van der Waals surface area contributed by atoms with Crippen molar-refractivity contribution >= 4 is 23.0 Å². The topological polar surface area (TPSA) is 36.3 Å². The molecule has 0 aromatic heterocycles. The van der Waals surface area contributed by atoms with Gasteiger partial charge in [-0.15, -0.1) is 0 Å². The minimum absolute atomic E-state index is 0.578. The number of benzene rings is 2. The fourth-order valence-electron chi connectivity index (χ4n) is 1.84. The fraction of sp³-hybridized carbons (Fsp3) is 0.133. The van der Waals surface area contributed by atoms with E-state index >= 15 is 0 Å². The van der Waals surface area contributed by atoms with Crippen LogP contribution in [0.2, 0.25) is 5.02 Å². The summed E-state index contributed by atoms with van der Waals surface area (Å²) in [6, 6.07) is 15.0. The summed E-state index contributed by atoms with van der Waals surface area (Å²) in [5, 5.41) is 9.76. The lowest BCUT2D eigenvalue weighted by molar-refractivity contribution is 0.415. The third kappa shape index (κ3) is 2.81. The molecule has 0 aliphatic heterocycles. The predicted octanol–water partition coefficient (Wildman–Crippen LogP) is 3.99. The van der Waals surface area contributed by atoms with Crippen LogP contribution in [0, 0.1) is 11.3 Å². The van der Waals surface area contributed by atoms with Crippen molar-refractivity contribution in [2.24, 2.45) is 0 Å². The minimum atomic E-state index is 0.578. The Bertz CT molecular complexity index is 634. The van der Waals surface area contributed by atoms with E-state index in [1.807, 2.05) is 36.2 Å². The lowest BCUT2D eigenvalue weighted by atomic mass is 10.1. The quantitative estimate of drug-likeness (QED) is 0.848. The zero-order valence-corrected chi connectivity index (χ0v) is 11.5. The lowest BCUT2D eigenvalue weighted by Crippen LogP contribution is -2.11. The molecule has 0 unspecified atom stereocenters. The van der Waals surface area contributed by atoms with Gasteiger partial charge in [-0.25, -0.2) is 0 Å². The monoisotopic (exact) mass is 272 g/mol. The smallest absolute Gasteiger partial charge is 0.120 e. The summed E-state index contributed by atoms with van der Waals surface area (Å²) >= 11 is 6.00. The van der Waals surface area contributed by atoms with Gasteiger partial charge in [-0.2, -0.15) is 5.26 Å². The molecular formula is C15H13ClN2O. The van der Waals surface area contributed by atoms with E-state index in [1.54, 1.807) is 25.3 Å². The van der Waals surface area contributed by atoms with Crippen molar-refractivity contribution in [1.82, 2.24) is 0 Å². The molecule has 0 N–H and O–H groups in total. The Balaban J connectivity index is 2.46. The van der Waals surface area contributed by atoms with Crippen LogP contribution in [0.25, 0.3) is 0 Å². The maximum Gasteiger partial charge on any atom is 0.120 e. The van der Waals surface area contributed by atoms with E-state index in [-0.39, 0.29) is 0 Å². The van der Waals surface area contributed by atoms with Crippen LogP contribution in [0.3, 0.4) is 0 Å². The van der Waals surface area contributed by atoms with Gasteiger partial charge in [-0.05, 0) is 30.3 Å². The molecule has 2 aromatic rings. The van der Waals surface area contributed by atoms with Gasteiger partial charge in [-0.3, -0.25) is 0 Å². The van der Waals surface area contributed by atoms with Crippen LogP contribution < -0.4 is 9.64 Å². The maximum atomic E-state index is 9.16. The summed E-state index contributed by atoms with van der Waals surface area (Å²) in [4.78, 5) is 1.91. The zero-order chi connectivity index (χ0) is 13.8. The van der Waals surface area contributed by atoms with E-state index in [4.69, 9.17) is 21.6 Å². The average Bonchev–Trinajstić information content (AvgIpc) is 2.46. The highest BCUT2D eigenvalue weighted by Gasteiger charge is 2.10. The molecule has 0 aliphatic carbocycles. The van der Waals surface area contributed by atoms with Crippen LogP contribution in [0.15, 0.2) is 42.5 Å². The number of anilines is 2. The van der Waals surface area contributed by atoms with E-state index in [1.165, 1.54) is 0 Å². The van der Waals surface area contributed by atoms with Gasteiger partial charge in [0.1, 0.15) is 11.8 Å². The first-order valence-electron chi connectivity index (χ1n) is 5.73. The molecule has 4 heteroatoms. The molecule has 0 bridgehead atoms. The number of rotatable bonds is 3. The van der Waals surface area contributed by atoms with Gasteiger partial charge in [0.25, 0.3) is 0 Å². The molecule has 0 saturated heterocycles. The summed E-state index contributed by atoms with van der Waals surface area (Å²) in [7, 11) is 3.51. The average molecular weight is 273 g/mol. The second kappa shape index (κ2) is 5.64. The van der Waals surface area contributed by atoms with Crippen LogP contribution in [-0.4, -0.2) is 14.2 Å². The van der Waals surface area contributed by atoms with Gasteiger partial charge in [0.05, 0.1) is 18.4 Å². The Labute approximate surface area is 117 Å². The van der Waals surface area contributed by atoms with Crippen molar-refractivity contribution in [1.29, 1.82) is 5.26 Å². The van der Waals surface area contributed by atoms with Crippen LogP contribution in [-0.2, 0) is 0 Å². The van der Waals surface area contributed by atoms with Gasteiger partial charge in [0, 0.05) is 23.8 Å². The van der Waals surface area contributed by atoms with Crippen molar-refractivity contribution in [3.05, 3.63) is 53.1 Å². The molecule has 0 heterocycles. The highest BCUT2D eigenvalue weighted by Crippen LogP contribution is 2.31.